The summed E-state index contributed by atoms with van der Waals surface area (Å²) in [5, 5.41) is 6.03. The van der Waals surface area contributed by atoms with Crippen LogP contribution in [-0.4, -0.2) is 41.1 Å². The molecule has 0 radical (unpaired) electrons. The maximum Gasteiger partial charge on any atom is 0.191 e. The van der Waals surface area contributed by atoms with Crippen molar-refractivity contribution in [1.82, 2.24) is 9.97 Å². The second-order valence-electron chi connectivity index (χ2n) is 7.25. The minimum Gasteiger partial charge on any atom is -0.385 e. The van der Waals surface area contributed by atoms with Gasteiger partial charge in [0, 0.05) is 36.8 Å². The molecule has 3 heterocycles. The molecule has 1 atom stereocenters. The zero-order valence-electron chi connectivity index (χ0n) is 16.3. The van der Waals surface area contributed by atoms with E-state index < -0.39 is 0 Å². The van der Waals surface area contributed by atoms with Gasteiger partial charge in [-0.15, -0.1) is 11.3 Å². The second-order valence-corrected chi connectivity index (χ2v) is 9.87. The van der Waals surface area contributed by atoms with Crippen molar-refractivity contribution in [3.8, 4) is 0 Å². The summed E-state index contributed by atoms with van der Waals surface area (Å²) in [5.41, 5.74) is 1.27. The maximum atomic E-state index is 6.14. The Morgan fingerprint density at radius 1 is 1.38 bits per heavy atom. The highest BCUT2D eigenvalue weighted by Gasteiger charge is 2.33. The van der Waals surface area contributed by atoms with E-state index in [1.807, 2.05) is 0 Å². The largest absolute Gasteiger partial charge is 0.385 e. The summed E-state index contributed by atoms with van der Waals surface area (Å²) in [7, 11) is 1.74. The van der Waals surface area contributed by atoms with Crippen molar-refractivity contribution in [3.05, 3.63) is 10.4 Å². The van der Waals surface area contributed by atoms with Gasteiger partial charge in [0.25, 0.3) is 0 Å². The van der Waals surface area contributed by atoms with Crippen LogP contribution < -0.4 is 5.32 Å². The van der Waals surface area contributed by atoms with Crippen LogP contribution in [0.2, 0.25) is 0 Å². The summed E-state index contributed by atoms with van der Waals surface area (Å²) in [4.78, 5) is 12.1. The fourth-order valence-corrected chi connectivity index (χ4v) is 4.96. The van der Waals surface area contributed by atoms with Gasteiger partial charge in [-0.05, 0) is 25.3 Å². The molecule has 1 aliphatic rings. The topological polar surface area (TPSA) is 56.3 Å². The predicted octanol–water partition coefficient (Wildman–Crippen LogP) is 4.88. The minimum atomic E-state index is -0.0975. The Hall–Kier alpha value is -0.890. The Kier molecular flexibility index (Phi) is 6.43. The molecule has 0 aromatic carbocycles. The third kappa shape index (κ3) is 4.32. The molecular weight excluding hydrogens is 366 g/mol. The van der Waals surface area contributed by atoms with Crippen molar-refractivity contribution in [1.29, 1.82) is 0 Å². The number of hydrogen-bond donors (Lipinski definition) is 1. The van der Waals surface area contributed by atoms with Crippen LogP contribution in [0, 0.1) is 0 Å². The summed E-state index contributed by atoms with van der Waals surface area (Å²) >= 11 is 3.47. The van der Waals surface area contributed by atoms with Crippen LogP contribution in [0.5, 0.6) is 0 Å². The summed E-state index contributed by atoms with van der Waals surface area (Å²) in [6, 6.07) is 0. The van der Waals surface area contributed by atoms with Gasteiger partial charge in [-0.3, -0.25) is 0 Å². The molecule has 0 amide bonds. The number of thiophene rings is 1. The quantitative estimate of drug-likeness (QED) is 0.390. The van der Waals surface area contributed by atoms with Crippen LogP contribution >= 0.6 is 23.1 Å². The first-order valence-corrected chi connectivity index (χ1v) is 11.0. The van der Waals surface area contributed by atoms with E-state index in [4.69, 9.17) is 19.4 Å². The van der Waals surface area contributed by atoms with Gasteiger partial charge in [-0.2, -0.15) is 0 Å². The molecule has 0 bridgehead atoms. The van der Waals surface area contributed by atoms with E-state index in [9.17, 15) is 0 Å². The molecular formula is C19H29N3O2S2. The van der Waals surface area contributed by atoms with E-state index in [-0.39, 0.29) is 5.60 Å². The number of nitrogens with zero attached hydrogens (tertiary/aromatic N) is 2. The normalized spacial score (nSPS) is 19.9. The molecule has 26 heavy (non-hydrogen) atoms. The minimum absolute atomic E-state index is 0.0975. The number of thioether (sulfide) groups is 1. The third-order valence-electron chi connectivity index (χ3n) is 4.72. The van der Waals surface area contributed by atoms with Crippen LogP contribution in [0.25, 0.3) is 10.2 Å². The highest BCUT2D eigenvalue weighted by atomic mass is 32.2. The summed E-state index contributed by atoms with van der Waals surface area (Å²) in [5.74, 6) is 0.965. The standard InChI is InChI=1S/C19H29N3O2S2/c1-6-19(4)10-13-14(11-24-19)26-17-15(13)16(20-8-7-9-23-5)21-18(22-17)25-12(2)3/h12H,6-11H2,1-5H3,(H,20,21,22)/t19-/m0/s1. The second kappa shape index (κ2) is 8.42. The number of fused-ring (bicyclic) bond motifs is 3. The molecule has 2 aromatic rings. The van der Waals surface area contributed by atoms with Gasteiger partial charge in [0.2, 0.25) is 0 Å². The van der Waals surface area contributed by atoms with Gasteiger partial charge in [0.05, 0.1) is 17.6 Å². The fraction of sp³-hybridized carbons (Fsp3) is 0.684. The Balaban J connectivity index is 2.00. The summed E-state index contributed by atoms with van der Waals surface area (Å²) < 4.78 is 11.3. The lowest BCUT2D eigenvalue weighted by Gasteiger charge is -2.33. The molecule has 0 saturated carbocycles. The maximum absolute atomic E-state index is 6.14. The number of rotatable bonds is 8. The number of aromatic nitrogens is 2. The summed E-state index contributed by atoms with van der Waals surface area (Å²) in [6.45, 7) is 11.0. The van der Waals surface area contributed by atoms with Crippen molar-refractivity contribution >= 4 is 39.1 Å². The molecule has 0 saturated heterocycles. The summed E-state index contributed by atoms with van der Waals surface area (Å²) in [6.07, 6.45) is 2.88. The molecule has 0 aliphatic carbocycles. The molecule has 0 unspecified atom stereocenters. The molecule has 3 rings (SSSR count). The van der Waals surface area contributed by atoms with E-state index >= 15 is 0 Å². The molecule has 144 valence electrons. The lowest BCUT2D eigenvalue weighted by atomic mass is 9.90. The number of ether oxygens (including phenoxy) is 2. The van der Waals surface area contributed by atoms with E-state index in [1.54, 1.807) is 30.2 Å². The molecule has 0 fully saturated rings. The Bertz CT molecular complexity index is 763. The van der Waals surface area contributed by atoms with Gasteiger partial charge < -0.3 is 14.8 Å². The highest BCUT2D eigenvalue weighted by Crippen LogP contribution is 2.42. The number of nitrogens with one attached hydrogen (secondary N) is 1. The number of hydrogen-bond acceptors (Lipinski definition) is 7. The first-order chi connectivity index (χ1) is 12.5. The highest BCUT2D eigenvalue weighted by molar-refractivity contribution is 7.99. The van der Waals surface area contributed by atoms with Crippen LogP contribution in [0.15, 0.2) is 5.16 Å². The van der Waals surface area contributed by atoms with E-state index in [0.717, 1.165) is 48.2 Å². The Morgan fingerprint density at radius 2 is 2.19 bits per heavy atom. The van der Waals surface area contributed by atoms with Crippen molar-refractivity contribution in [2.75, 3.05) is 25.6 Å². The van der Waals surface area contributed by atoms with Gasteiger partial charge >= 0.3 is 0 Å². The lowest BCUT2D eigenvalue weighted by Crippen LogP contribution is -2.34. The number of anilines is 1. The molecule has 2 aromatic heterocycles. The van der Waals surface area contributed by atoms with Crippen molar-refractivity contribution in [2.45, 2.75) is 69.6 Å². The smallest absolute Gasteiger partial charge is 0.191 e. The van der Waals surface area contributed by atoms with Crippen molar-refractivity contribution in [2.24, 2.45) is 0 Å². The average Bonchev–Trinajstić information content (AvgIpc) is 2.95. The van der Waals surface area contributed by atoms with Crippen LogP contribution in [0.4, 0.5) is 5.82 Å². The molecule has 0 spiro atoms. The van der Waals surface area contributed by atoms with Gasteiger partial charge in [-0.1, -0.05) is 32.5 Å². The van der Waals surface area contributed by atoms with Crippen molar-refractivity contribution in [3.63, 3.8) is 0 Å². The fourth-order valence-electron chi connectivity index (χ4n) is 3.09. The number of methoxy groups -OCH3 is 1. The van der Waals surface area contributed by atoms with Crippen LogP contribution in [0.1, 0.15) is 51.0 Å². The first kappa shape index (κ1) is 19.9. The molecule has 5 nitrogen and oxygen atoms in total. The van der Waals surface area contributed by atoms with Gasteiger partial charge in [0.1, 0.15) is 10.6 Å². The van der Waals surface area contributed by atoms with E-state index in [1.165, 1.54) is 15.8 Å². The molecule has 7 heteroatoms. The van der Waals surface area contributed by atoms with E-state index in [0.29, 0.717) is 11.9 Å². The molecule has 1 aliphatic heterocycles. The van der Waals surface area contributed by atoms with Gasteiger partial charge in [-0.25, -0.2) is 9.97 Å². The van der Waals surface area contributed by atoms with E-state index in [2.05, 4.69) is 33.0 Å². The molecule has 1 N–H and O–H groups in total. The average molecular weight is 396 g/mol. The Morgan fingerprint density at radius 3 is 2.88 bits per heavy atom. The monoisotopic (exact) mass is 395 g/mol. The van der Waals surface area contributed by atoms with Crippen LogP contribution in [0.3, 0.4) is 0 Å². The zero-order chi connectivity index (χ0) is 18.7. The SMILES string of the molecule is CC[C@@]1(C)Cc2c(sc3nc(SC(C)C)nc(NCCCOC)c23)CO1. The van der Waals surface area contributed by atoms with Gasteiger partial charge in [0.15, 0.2) is 5.16 Å². The first-order valence-electron chi connectivity index (χ1n) is 9.31. The predicted molar refractivity (Wildman–Crippen MR) is 111 cm³/mol. The third-order valence-corrected chi connectivity index (χ3v) is 6.69. The van der Waals surface area contributed by atoms with Crippen LogP contribution in [-0.2, 0) is 22.5 Å². The Labute approximate surface area is 164 Å². The van der Waals surface area contributed by atoms with Crippen molar-refractivity contribution < 1.29 is 9.47 Å². The zero-order valence-corrected chi connectivity index (χ0v) is 18.0. The lowest BCUT2D eigenvalue weighted by molar-refractivity contribution is -0.0542.